The maximum Gasteiger partial charge on any atom is 0.276 e. The number of primary amides is 1. The molecule has 21 heavy (non-hydrogen) atoms. The Bertz CT molecular complexity index is 660. The number of hydrogen-bond donors (Lipinski definition) is 2. The third-order valence-corrected chi connectivity index (χ3v) is 2.70. The number of hydrogen-bond acceptors (Lipinski definition) is 5. The van der Waals surface area contributed by atoms with Crippen molar-refractivity contribution in [2.75, 3.05) is 12.4 Å². The maximum atomic E-state index is 12.1. The minimum atomic E-state index is -0.706. The van der Waals surface area contributed by atoms with Crippen LogP contribution >= 0.6 is 0 Å². The summed E-state index contributed by atoms with van der Waals surface area (Å²) in [5.74, 6) is -1.16. The monoisotopic (exact) mass is 292 g/mol. The molecule has 0 spiro atoms. The smallest absolute Gasteiger partial charge is 0.276 e. The van der Waals surface area contributed by atoms with Crippen LogP contribution in [-0.4, -0.2) is 38.5 Å². The van der Waals surface area contributed by atoms with E-state index in [1.807, 2.05) is 6.92 Å². The Morgan fingerprint density at radius 2 is 2.14 bits per heavy atom. The van der Waals surface area contributed by atoms with Gasteiger partial charge in [0.15, 0.2) is 11.4 Å². The number of carbonyl (C=O) groups is 2. The first kappa shape index (κ1) is 14.7. The van der Waals surface area contributed by atoms with E-state index >= 15 is 0 Å². The Hall–Kier alpha value is -2.68. The van der Waals surface area contributed by atoms with Gasteiger partial charge >= 0.3 is 0 Å². The number of nitrogens with zero attached hydrogens (tertiary/aromatic N) is 4. The van der Waals surface area contributed by atoms with Crippen LogP contribution in [0, 0.1) is 0 Å². The van der Waals surface area contributed by atoms with Crippen molar-refractivity contribution in [3.63, 3.8) is 0 Å². The first-order valence-electron chi connectivity index (χ1n) is 6.26. The number of methoxy groups -OCH3 is 1. The Morgan fingerprint density at radius 1 is 1.38 bits per heavy atom. The molecule has 9 nitrogen and oxygen atoms in total. The molecular weight excluding hydrogens is 276 g/mol. The molecule has 0 aliphatic carbocycles. The fraction of sp³-hybridized carbons (Fsp3) is 0.333. The number of anilines is 1. The lowest BCUT2D eigenvalue weighted by molar-refractivity contribution is 0.0995. The van der Waals surface area contributed by atoms with Crippen molar-refractivity contribution in [1.29, 1.82) is 0 Å². The summed E-state index contributed by atoms with van der Waals surface area (Å²) in [7, 11) is 1.53. The average Bonchev–Trinajstić information content (AvgIpc) is 3.05. The summed E-state index contributed by atoms with van der Waals surface area (Å²) in [6, 6.07) is 1.54. The Kier molecular flexibility index (Phi) is 4.33. The van der Waals surface area contributed by atoms with Gasteiger partial charge in [-0.15, -0.1) is 0 Å². The molecule has 2 aromatic rings. The highest BCUT2D eigenvalue weighted by Gasteiger charge is 2.18. The molecule has 9 heteroatoms. The molecule has 0 bridgehead atoms. The van der Waals surface area contributed by atoms with Crippen molar-refractivity contribution in [3.8, 4) is 0 Å². The number of nitrogens with one attached hydrogen (secondary N) is 1. The zero-order valence-electron chi connectivity index (χ0n) is 11.7. The van der Waals surface area contributed by atoms with E-state index in [1.54, 1.807) is 18.5 Å². The molecule has 2 heterocycles. The molecule has 0 aliphatic heterocycles. The molecule has 0 atom stereocenters. The molecule has 0 aliphatic rings. The lowest BCUT2D eigenvalue weighted by Gasteiger charge is -2.01. The lowest BCUT2D eigenvalue weighted by atomic mass is 10.3. The van der Waals surface area contributed by atoms with Crippen LogP contribution in [0.15, 0.2) is 18.5 Å². The van der Waals surface area contributed by atoms with E-state index in [0.717, 1.165) is 0 Å². The van der Waals surface area contributed by atoms with E-state index in [9.17, 15) is 9.59 Å². The predicted octanol–water partition coefficient (Wildman–Crippen LogP) is 0.0546. The molecule has 2 amide bonds. The van der Waals surface area contributed by atoms with Gasteiger partial charge in [-0.05, 0) is 13.0 Å². The Morgan fingerprint density at radius 3 is 2.76 bits per heavy atom. The Labute approximate surface area is 120 Å². The zero-order valence-corrected chi connectivity index (χ0v) is 11.7. The second-order valence-electron chi connectivity index (χ2n) is 4.22. The molecule has 0 saturated carbocycles. The third-order valence-electron chi connectivity index (χ3n) is 2.70. The van der Waals surface area contributed by atoms with Crippen molar-refractivity contribution in [2.24, 2.45) is 5.73 Å². The van der Waals surface area contributed by atoms with Gasteiger partial charge in [0.1, 0.15) is 6.73 Å². The predicted molar refractivity (Wildman–Crippen MR) is 73.6 cm³/mol. The summed E-state index contributed by atoms with van der Waals surface area (Å²) in [6.45, 7) is 2.65. The van der Waals surface area contributed by atoms with Gasteiger partial charge in [-0.2, -0.15) is 10.2 Å². The molecule has 2 aromatic heterocycles. The standard InChI is InChI=1S/C12H16N6O3/c1-3-17-6-9(10(16-17)11(13)19)14-12(20)8-4-5-18(15-8)7-21-2/h4-6H,3,7H2,1-2H3,(H2,13,19)(H,14,20). The van der Waals surface area contributed by atoms with Gasteiger partial charge < -0.3 is 15.8 Å². The highest BCUT2D eigenvalue weighted by atomic mass is 16.5. The first-order valence-corrected chi connectivity index (χ1v) is 6.26. The van der Waals surface area contributed by atoms with Gasteiger partial charge in [0.05, 0.1) is 5.69 Å². The van der Waals surface area contributed by atoms with Crippen molar-refractivity contribution in [2.45, 2.75) is 20.2 Å². The lowest BCUT2D eigenvalue weighted by Crippen LogP contribution is -2.18. The summed E-state index contributed by atoms with van der Waals surface area (Å²) in [4.78, 5) is 23.4. The van der Waals surface area contributed by atoms with E-state index in [1.165, 1.54) is 16.5 Å². The van der Waals surface area contributed by atoms with Crippen LogP contribution in [0.25, 0.3) is 0 Å². The molecule has 2 rings (SSSR count). The fourth-order valence-electron chi connectivity index (χ4n) is 1.73. The van der Waals surface area contributed by atoms with Gasteiger partial charge in [-0.3, -0.25) is 14.3 Å². The second kappa shape index (κ2) is 6.18. The normalized spacial score (nSPS) is 10.6. The second-order valence-corrected chi connectivity index (χ2v) is 4.22. The number of aryl methyl sites for hydroxylation is 1. The van der Waals surface area contributed by atoms with Gasteiger partial charge in [0.25, 0.3) is 11.8 Å². The van der Waals surface area contributed by atoms with Crippen LogP contribution in [0.2, 0.25) is 0 Å². The first-order chi connectivity index (χ1) is 10.0. The number of amides is 2. The molecule has 0 radical (unpaired) electrons. The van der Waals surface area contributed by atoms with Crippen LogP contribution in [0.1, 0.15) is 27.9 Å². The van der Waals surface area contributed by atoms with E-state index in [0.29, 0.717) is 6.54 Å². The molecule has 112 valence electrons. The van der Waals surface area contributed by atoms with Crippen LogP contribution in [0.5, 0.6) is 0 Å². The molecule has 0 unspecified atom stereocenters. The van der Waals surface area contributed by atoms with Crippen LogP contribution < -0.4 is 11.1 Å². The minimum Gasteiger partial charge on any atom is -0.364 e. The molecular formula is C12H16N6O3. The number of rotatable bonds is 6. The highest BCUT2D eigenvalue weighted by Crippen LogP contribution is 2.14. The van der Waals surface area contributed by atoms with Gasteiger partial charge in [-0.1, -0.05) is 0 Å². The summed E-state index contributed by atoms with van der Waals surface area (Å²) in [5.41, 5.74) is 5.71. The third kappa shape index (κ3) is 3.26. The SMILES string of the molecule is CCn1cc(NC(=O)c2ccn(COC)n2)c(C(N)=O)n1. The van der Waals surface area contributed by atoms with Gasteiger partial charge in [0, 0.05) is 26.0 Å². The molecule has 3 N–H and O–H groups in total. The zero-order chi connectivity index (χ0) is 15.4. The molecule has 0 aromatic carbocycles. The minimum absolute atomic E-state index is 0.0153. The fourth-order valence-corrected chi connectivity index (χ4v) is 1.73. The average molecular weight is 292 g/mol. The summed E-state index contributed by atoms with van der Waals surface area (Å²) in [6.07, 6.45) is 3.16. The Balaban J connectivity index is 2.18. The molecule has 0 saturated heterocycles. The number of nitrogens with two attached hydrogens (primary N) is 1. The van der Waals surface area contributed by atoms with E-state index in [-0.39, 0.29) is 23.8 Å². The highest BCUT2D eigenvalue weighted by molar-refractivity contribution is 6.06. The van der Waals surface area contributed by atoms with Crippen molar-refractivity contribution >= 4 is 17.5 Å². The van der Waals surface area contributed by atoms with Crippen molar-refractivity contribution in [1.82, 2.24) is 19.6 Å². The van der Waals surface area contributed by atoms with E-state index in [2.05, 4.69) is 15.5 Å². The van der Waals surface area contributed by atoms with Gasteiger partial charge in [-0.25, -0.2) is 4.68 Å². The van der Waals surface area contributed by atoms with E-state index in [4.69, 9.17) is 10.5 Å². The quantitative estimate of drug-likeness (QED) is 0.780. The van der Waals surface area contributed by atoms with E-state index < -0.39 is 11.8 Å². The topological polar surface area (TPSA) is 117 Å². The van der Waals surface area contributed by atoms with Gasteiger partial charge in [0.2, 0.25) is 0 Å². The molecule has 0 fully saturated rings. The number of aromatic nitrogens is 4. The summed E-state index contributed by atoms with van der Waals surface area (Å²) in [5, 5.41) is 10.6. The maximum absolute atomic E-state index is 12.1. The summed E-state index contributed by atoms with van der Waals surface area (Å²) < 4.78 is 7.89. The van der Waals surface area contributed by atoms with Crippen LogP contribution in [-0.2, 0) is 18.0 Å². The van der Waals surface area contributed by atoms with Crippen LogP contribution in [0.4, 0.5) is 5.69 Å². The summed E-state index contributed by atoms with van der Waals surface area (Å²) >= 11 is 0. The van der Waals surface area contributed by atoms with Crippen molar-refractivity contribution in [3.05, 3.63) is 29.8 Å². The number of ether oxygens (including phenoxy) is 1. The number of carbonyl (C=O) groups excluding carboxylic acids is 2. The largest absolute Gasteiger partial charge is 0.364 e. The van der Waals surface area contributed by atoms with Crippen molar-refractivity contribution < 1.29 is 14.3 Å². The van der Waals surface area contributed by atoms with Crippen LogP contribution in [0.3, 0.4) is 0 Å².